The lowest BCUT2D eigenvalue weighted by Gasteiger charge is -2.17. The van der Waals surface area contributed by atoms with Gasteiger partial charge in [-0.2, -0.15) is 0 Å². The minimum absolute atomic E-state index is 0.0493. The second-order valence-corrected chi connectivity index (χ2v) is 12.7. The third kappa shape index (κ3) is 30.6. The molecule has 3 atom stereocenters. The Kier molecular flexibility index (Phi) is 31.8. The lowest BCUT2D eigenvalue weighted by atomic mass is 9.99. The molecule has 0 aliphatic rings. The number of aliphatic hydroxyl groups is 3. The van der Waals surface area contributed by atoms with E-state index < -0.39 is 12.2 Å². The van der Waals surface area contributed by atoms with Gasteiger partial charge in [0.05, 0.1) is 24.9 Å². The molecule has 0 aromatic rings. The maximum Gasteiger partial charge on any atom is 0.305 e. The van der Waals surface area contributed by atoms with Crippen LogP contribution in [0, 0.1) is 0 Å². The van der Waals surface area contributed by atoms with Crippen LogP contribution in [0.25, 0.3) is 0 Å². The molecule has 3 unspecified atom stereocenters. The summed E-state index contributed by atoms with van der Waals surface area (Å²) in [4.78, 5) is 11.9. The maximum absolute atomic E-state index is 11.9. The summed E-state index contributed by atoms with van der Waals surface area (Å²) in [5.74, 6) is -0.0493. The van der Waals surface area contributed by atoms with E-state index in [0.29, 0.717) is 19.4 Å². The first-order chi connectivity index (χ1) is 20.0. The van der Waals surface area contributed by atoms with Gasteiger partial charge < -0.3 is 20.1 Å². The average molecular weight is 585 g/mol. The summed E-state index contributed by atoms with van der Waals surface area (Å²) >= 11 is 0. The van der Waals surface area contributed by atoms with Gasteiger partial charge in [-0.1, -0.05) is 155 Å². The van der Waals surface area contributed by atoms with Crippen molar-refractivity contribution in [1.29, 1.82) is 0 Å². The van der Waals surface area contributed by atoms with Gasteiger partial charge in [0, 0.05) is 6.42 Å². The van der Waals surface area contributed by atoms with Crippen LogP contribution >= 0.6 is 0 Å². The van der Waals surface area contributed by atoms with Gasteiger partial charge >= 0.3 is 5.97 Å². The first-order valence-electron chi connectivity index (χ1n) is 18.2. The summed E-state index contributed by atoms with van der Waals surface area (Å²) < 4.78 is 5.39. The van der Waals surface area contributed by atoms with Crippen LogP contribution < -0.4 is 0 Å². The molecule has 0 spiro atoms. The SMILES string of the molecule is CCCCCCCCC(O)C(O)CCCCCCCCOC(=O)CCCCCCCCCCC(O)CCCCCC. The minimum Gasteiger partial charge on any atom is -0.466 e. The van der Waals surface area contributed by atoms with E-state index >= 15 is 0 Å². The van der Waals surface area contributed by atoms with Crippen molar-refractivity contribution in [3.8, 4) is 0 Å². The number of ether oxygens (including phenoxy) is 1. The highest BCUT2D eigenvalue weighted by atomic mass is 16.5. The number of carbonyl (C=O) groups excluding carboxylic acids is 1. The fourth-order valence-corrected chi connectivity index (χ4v) is 5.60. The molecule has 0 fully saturated rings. The van der Waals surface area contributed by atoms with Gasteiger partial charge in [0.2, 0.25) is 0 Å². The molecule has 5 nitrogen and oxygen atoms in total. The molecule has 0 aliphatic carbocycles. The molecule has 0 saturated heterocycles. The third-order valence-electron chi connectivity index (χ3n) is 8.51. The summed E-state index contributed by atoms with van der Waals surface area (Å²) in [5, 5.41) is 30.3. The molecule has 0 saturated carbocycles. The highest BCUT2D eigenvalue weighted by molar-refractivity contribution is 5.69. The predicted molar refractivity (Wildman–Crippen MR) is 174 cm³/mol. The van der Waals surface area contributed by atoms with Crippen LogP contribution in [0.2, 0.25) is 0 Å². The number of hydrogen-bond donors (Lipinski definition) is 3. The molecule has 5 heteroatoms. The van der Waals surface area contributed by atoms with Crippen molar-refractivity contribution in [2.75, 3.05) is 6.61 Å². The van der Waals surface area contributed by atoms with Gasteiger partial charge in [0.1, 0.15) is 0 Å². The van der Waals surface area contributed by atoms with Crippen LogP contribution in [0.1, 0.15) is 200 Å². The van der Waals surface area contributed by atoms with E-state index in [1.54, 1.807) is 0 Å². The summed E-state index contributed by atoms with van der Waals surface area (Å²) in [6, 6.07) is 0. The molecule has 3 N–H and O–H groups in total. The predicted octanol–water partition coefficient (Wildman–Crippen LogP) is 9.96. The highest BCUT2D eigenvalue weighted by Crippen LogP contribution is 2.16. The Morgan fingerprint density at radius 3 is 1.27 bits per heavy atom. The first-order valence-corrected chi connectivity index (χ1v) is 18.2. The molecule has 0 aromatic heterocycles. The Morgan fingerprint density at radius 1 is 0.463 bits per heavy atom. The largest absolute Gasteiger partial charge is 0.466 e. The quantitative estimate of drug-likeness (QED) is 0.0528. The van der Waals surface area contributed by atoms with E-state index in [4.69, 9.17) is 4.74 Å². The fraction of sp³-hybridized carbons (Fsp3) is 0.972. The fourth-order valence-electron chi connectivity index (χ4n) is 5.60. The van der Waals surface area contributed by atoms with Crippen LogP contribution in [-0.4, -0.2) is 46.2 Å². The molecule has 0 heterocycles. The Morgan fingerprint density at radius 2 is 0.805 bits per heavy atom. The smallest absolute Gasteiger partial charge is 0.305 e. The van der Waals surface area contributed by atoms with E-state index in [1.807, 2.05) is 0 Å². The van der Waals surface area contributed by atoms with Crippen LogP contribution in [0.4, 0.5) is 0 Å². The monoisotopic (exact) mass is 585 g/mol. The van der Waals surface area contributed by atoms with Crippen molar-refractivity contribution in [3.05, 3.63) is 0 Å². The standard InChI is InChI=1S/C36H72O5/c1-3-5-7-9-17-23-29-34(38)35(39)30-24-18-14-15-20-26-32-41-36(40)31-25-19-13-11-10-12-16-22-28-33(37)27-21-8-6-4-2/h33-35,37-39H,3-32H2,1-2H3. The van der Waals surface area contributed by atoms with Gasteiger partial charge in [-0.25, -0.2) is 0 Å². The first kappa shape index (κ1) is 40.4. The normalized spacial score (nSPS) is 13.8. The van der Waals surface area contributed by atoms with Crippen LogP contribution in [-0.2, 0) is 9.53 Å². The van der Waals surface area contributed by atoms with Crippen molar-refractivity contribution in [2.24, 2.45) is 0 Å². The average Bonchev–Trinajstić information content (AvgIpc) is 2.96. The zero-order valence-corrected chi connectivity index (χ0v) is 27.6. The number of esters is 1. The highest BCUT2D eigenvalue weighted by Gasteiger charge is 2.15. The van der Waals surface area contributed by atoms with Gasteiger partial charge in [-0.15, -0.1) is 0 Å². The van der Waals surface area contributed by atoms with Gasteiger partial charge in [-0.05, 0) is 38.5 Å². The second-order valence-electron chi connectivity index (χ2n) is 12.7. The number of unbranched alkanes of at least 4 members (excludes halogenated alkanes) is 20. The Balaban J connectivity index is 3.35. The molecule has 0 aliphatic heterocycles. The molecule has 0 amide bonds. The number of aliphatic hydroxyl groups excluding tert-OH is 3. The lowest BCUT2D eigenvalue weighted by molar-refractivity contribution is -0.143. The Labute approximate surface area is 255 Å². The van der Waals surface area contributed by atoms with Crippen molar-refractivity contribution >= 4 is 5.97 Å². The summed E-state index contributed by atoms with van der Waals surface area (Å²) in [7, 11) is 0. The Bertz CT molecular complexity index is 526. The topological polar surface area (TPSA) is 87.0 Å². The third-order valence-corrected chi connectivity index (χ3v) is 8.51. The van der Waals surface area contributed by atoms with Crippen LogP contribution in [0.15, 0.2) is 0 Å². The van der Waals surface area contributed by atoms with Gasteiger partial charge in [0.15, 0.2) is 0 Å². The van der Waals surface area contributed by atoms with Crippen molar-refractivity contribution in [2.45, 2.75) is 218 Å². The minimum atomic E-state index is -0.578. The van der Waals surface area contributed by atoms with Crippen molar-refractivity contribution in [1.82, 2.24) is 0 Å². The molecule has 0 bridgehead atoms. The van der Waals surface area contributed by atoms with Crippen LogP contribution in [0.5, 0.6) is 0 Å². The molecule has 0 aromatic carbocycles. The lowest BCUT2D eigenvalue weighted by Crippen LogP contribution is -2.25. The summed E-state index contributed by atoms with van der Waals surface area (Å²) in [6.45, 7) is 4.98. The van der Waals surface area contributed by atoms with E-state index in [0.717, 1.165) is 89.9 Å². The van der Waals surface area contributed by atoms with Crippen molar-refractivity contribution < 1.29 is 24.9 Å². The van der Waals surface area contributed by atoms with Gasteiger partial charge in [0.25, 0.3) is 0 Å². The summed E-state index contributed by atoms with van der Waals surface area (Å²) in [5.41, 5.74) is 0. The number of carbonyl (C=O) groups is 1. The molecule has 246 valence electrons. The summed E-state index contributed by atoms with van der Waals surface area (Å²) in [6.07, 6.45) is 30.6. The number of rotatable bonds is 33. The maximum atomic E-state index is 11.9. The molecule has 41 heavy (non-hydrogen) atoms. The zero-order valence-electron chi connectivity index (χ0n) is 27.6. The molecule has 0 radical (unpaired) electrons. The zero-order chi connectivity index (χ0) is 30.2. The van der Waals surface area contributed by atoms with E-state index in [2.05, 4.69) is 13.8 Å². The van der Waals surface area contributed by atoms with E-state index in [9.17, 15) is 20.1 Å². The van der Waals surface area contributed by atoms with E-state index in [-0.39, 0.29) is 12.1 Å². The second kappa shape index (κ2) is 32.3. The Hall–Kier alpha value is -0.650. The van der Waals surface area contributed by atoms with Gasteiger partial charge in [-0.3, -0.25) is 4.79 Å². The number of hydrogen-bond acceptors (Lipinski definition) is 5. The molecule has 0 rings (SSSR count). The molecular weight excluding hydrogens is 512 g/mol. The van der Waals surface area contributed by atoms with Crippen molar-refractivity contribution in [3.63, 3.8) is 0 Å². The van der Waals surface area contributed by atoms with Crippen LogP contribution in [0.3, 0.4) is 0 Å². The van der Waals surface area contributed by atoms with E-state index in [1.165, 1.54) is 83.5 Å². The molecular formula is C36H72O5.